The standard InChI is InChI=1S/C12H14O4.C3H9N3/c1-2-3-8-16-12(15)10-6-4-9(5-7-10)11(13)14;1-4-2-6-3-5-1/h4-7H,2-3,8H2,1H3,(H,13,14);4-6H,1-3H2. The van der Waals surface area contributed by atoms with Crippen LogP contribution >= 0.6 is 0 Å². The molecule has 1 fully saturated rings. The minimum Gasteiger partial charge on any atom is -0.478 e. The number of carboxylic acid groups (broad SMARTS) is 1. The molecule has 0 unspecified atom stereocenters. The van der Waals surface area contributed by atoms with Gasteiger partial charge in [0.1, 0.15) is 0 Å². The van der Waals surface area contributed by atoms with Crippen molar-refractivity contribution in [2.24, 2.45) is 0 Å². The van der Waals surface area contributed by atoms with Crippen LogP contribution in [0.25, 0.3) is 0 Å². The lowest BCUT2D eigenvalue weighted by Gasteiger charge is -2.13. The van der Waals surface area contributed by atoms with Crippen LogP contribution in [0.1, 0.15) is 40.5 Å². The molecule has 1 saturated heterocycles. The fourth-order valence-electron chi connectivity index (χ4n) is 1.59. The van der Waals surface area contributed by atoms with Crippen molar-refractivity contribution in [3.8, 4) is 0 Å². The first kappa shape index (κ1) is 18.1. The monoisotopic (exact) mass is 309 g/mol. The molecule has 0 saturated carbocycles. The van der Waals surface area contributed by atoms with E-state index in [-0.39, 0.29) is 5.56 Å². The van der Waals surface area contributed by atoms with Crippen LogP contribution in [0.4, 0.5) is 0 Å². The van der Waals surface area contributed by atoms with Crippen molar-refractivity contribution in [1.29, 1.82) is 0 Å². The number of aromatic carboxylic acids is 1. The number of hydrogen-bond acceptors (Lipinski definition) is 6. The Morgan fingerprint density at radius 3 is 1.95 bits per heavy atom. The zero-order chi connectivity index (χ0) is 16.2. The average Bonchev–Trinajstić information content (AvgIpc) is 2.57. The zero-order valence-electron chi connectivity index (χ0n) is 12.7. The highest BCUT2D eigenvalue weighted by Gasteiger charge is 2.08. The smallest absolute Gasteiger partial charge is 0.338 e. The van der Waals surface area contributed by atoms with Crippen molar-refractivity contribution in [2.75, 3.05) is 26.6 Å². The fourth-order valence-corrected chi connectivity index (χ4v) is 1.59. The van der Waals surface area contributed by atoms with Crippen molar-refractivity contribution in [3.63, 3.8) is 0 Å². The van der Waals surface area contributed by atoms with Crippen molar-refractivity contribution in [2.45, 2.75) is 19.8 Å². The number of unbranched alkanes of at least 4 members (excludes halogenated alkanes) is 1. The molecule has 1 aliphatic heterocycles. The summed E-state index contributed by atoms with van der Waals surface area (Å²) >= 11 is 0. The summed E-state index contributed by atoms with van der Waals surface area (Å²) < 4.78 is 4.98. The van der Waals surface area contributed by atoms with Crippen molar-refractivity contribution >= 4 is 11.9 Å². The Morgan fingerprint density at radius 1 is 1.05 bits per heavy atom. The molecule has 1 aliphatic rings. The Morgan fingerprint density at radius 2 is 1.55 bits per heavy atom. The van der Waals surface area contributed by atoms with Crippen LogP contribution in [-0.4, -0.2) is 43.7 Å². The van der Waals surface area contributed by atoms with E-state index >= 15 is 0 Å². The summed E-state index contributed by atoms with van der Waals surface area (Å²) in [6.07, 6.45) is 1.80. The molecule has 0 radical (unpaired) electrons. The van der Waals surface area contributed by atoms with Gasteiger partial charge in [-0.15, -0.1) is 0 Å². The second-order valence-electron chi connectivity index (χ2n) is 4.65. The Kier molecular flexibility index (Phi) is 8.82. The van der Waals surface area contributed by atoms with E-state index in [1.807, 2.05) is 6.92 Å². The minimum absolute atomic E-state index is 0.158. The molecule has 2 rings (SSSR count). The SMILES string of the molecule is C1NCNCN1.CCCCOC(=O)c1ccc(C(=O)O)cc1. The third-order valence-electron chi connectivity index (χ3n) is 2.85. The number of rotatable bonds is 5. The number of benzene rings is 1. The molecule has 1 heterocycles. The molecule has 122 valence electrons. The largest absolute Gasteiger partial charge is 0.478 e. The molecular formula is C15H23N3O4. The molecule has 0 aromatic heterocycles. The van der Waals surface area contributed by atoms with Crippen molar-refractivity contribution in [3.05, 3.63) is 35.4 Å². The predicted molar refractivity (Wildman–Crippen MR) is 82.6 cm³/mol. The summed E-state index contributed by atoms with van der Waals surface area (Å²) in [4.78, 5) is 22.0. The Balaban J connectivity index is 0.000000335. The van der Waals surface area contributed by atoms with E-state index in [1.165, 1.54) is 24.3 Å². The fraction of sp³-hybridized carbons (Fsp3) is 0.467. The van der Waals surface area contributed by atoms with Gasteiger partial charge in [-0.05, 0) is 30.7 Å². The molecule has 1 aromatic carbocycles. The molecule has 0 spiro atoms. The van der Waals surface area contributed by atoms with Gasteiger partial charge in [-0.1, -0.05) is 13.3 Å². The van der Waals surface area contributed by atoms with Crippen LogP contribution in [0.15, 0.2) is 24.3 Å². The second-order valence-corrected chi connectivity index (χ2v) is 4.65. The first-order chi connectivity index (χ1) is 10.6. The lowest BCUT2D eigenvalue weighted by molar-refractivity contribution is 0.0498. The Hall–Kier alpha value is -1.96. The van der Waals surface area contributed by atoms with E-state index in [0.717, 1.165) is 32.8 Å². The third kappa shape index (κ3) is 7.16. The molecular weight excluding hydrogens is 286 g/mol. The van der Waals surface area contributed by atoms with Crippen LogP contribution < -0.4 is 16.0 Å². The molecule has 7 nitrogen and oxygen atoms in total. The average molecular weight is 309 g/mol. The summed E-state index contributed by atoms with van der Waals surface area (Å²) in [6, 6.07) is 5.69. The van der Waals surface area contributed by atoms with Crippen LogP contribution in [0.5, 0.6) is 0 Å². The van der Waals surface area contributed by atoms with Crippen LogP contribution in [0.3, 0.4) is 0 Å². The normalized spacial score (nSPS) is 13.7. The molecule has 0 aliphatic carbocycles. The Bertz CT molecular complexity index is 447. The lowest BCUT2D eigenvalue weighted by Crippen LogP contribution is -2.47. The predicted octanol–water partition coefficient (Wildman–Crippen LogP) is 0.983. The minimum atomic E-state index is -1.01. The highest BCUT2D eigenvalue weighted by Crippen LogP contribution is 2.06. The maximum absolute atomic E-state index is 11.4. The van der Waals surface area contributed by atoms with Crippen molar-refractivity contribution < 1.29 is 19.4 Å². The summed E-state index contributed by atoms with van der Waals surface area (Å²) in [6.45, 7) is 5.22. The van der Waals surface area contributed by atoms with E-state index in [0.29, 0.717) is 12.2 Å². The van der Waals surface area contributed by atoms with Gasteiger partial charge in [-0.2, -0.15) is 0 Å². The summed E-state index contributed by atoms with van der Waals surface area (Å²) in [5.41, 5.74) is 0.534. The van der Waals surface area contributed by atoms with Gasteiger partial charge in [-0.25, -0.2) is 9.59 Å². The maximum Gasteiger partial charge on any atom is 0.338 e. The van der Waals surface area contributed by atoms with Crippen molar-refractivity contribution in [1.82, 2.24) is 16.0 Å². The molecule has 0 amide bonds. The topological polar surface area (TPSA) is 99.7 Å². The number of esters is 1. The number of nitrogens with one attached hydrogen (secondary N) is 3. The van der Waals surface area contributed by atoms with Gasteiger partial charge >= 0.3 is 11.9 Å². The highest BCUT2D eigenvalue weighted by molar-refractivity contribution is 5.92. The Labute approximate surface area is 130 Å². The number of carboxylic acids is 1. The first-order valence-electron chi connectivity index (χ1n) is 7.27. The number of ether oxygens (including phenoxy) is 1. The summed E-state index contributed by atoms with van der Waals surface area (Å²) in [5.74, 6) is -1.42. The van der Waals surface area contributed by atoms with Gasteiger partial charge in [0.2, 0.25) is 0 Å². The van der Waals surface area contributed by atoms with E-state index < -0.39 is 11.9 Å². The summed E-state index contributed by atoms with van der Waals surface area (Å²) in [5, 5.41) is 17.9. The summed E-state index contributed by atoms with van der Waals surface area (Å²) in [7, 11) is 0. The van der Waals surface area contributed by atoms with Gasteiger partial charge in [0.25, 0.3) is 0 Å². The van der Waals surface area contributed by atoms with E-state index in [1.54, 1.807) is 0 Å². The zero-order valence-corrected chi connectivity index (χ0v) is 12.7. The second kappa shape index (κ2) is 10.7. The van der Waals surface area contributed by atoms with Gasteiger partial charge in [0.05, 0.1) is 17.7 Å². The quantitative estimate of drug-likeness (QED) is 0.475. The van der Waals surface area contributed by atoms with Gasteiger partial charge < -0.3 is 9.84 Å². The highest BCUT2D eigenvalue weighted by atomic mass is 16.5. The van der Waals surface area contributed by atoms with E-state index in [9.17, 15) is 9.59 Å². The molecule has 0 atom stereocenters. The number of carbonyl (C=O) groups is 2. The molecule has 0 bridgehead atoms. The van der Waals surface area contributed by atoms with Gasteiger partial charge in [0.15, 0.2) is 0 Å². The lowest BCUT2D eigenvalue weighted by atomic mass is 10.1. The van der Waals surface area contributed by atoms with E-state index in [2.05, 4.69) is 16.0 Å². The maximum atomic E-state index is 11.4. The third-order valence-corrected chi connectivity index (χ3v) is 2.85. The molecule has 1 aromatic rings. The van der Waals surface area contributed by atoms with Crippen LogP contribution in [-0.2, 0) is 4.74 Å². The van der Waals surface area contributed by atoms with Gasteiger partial charge in [0, 0.05) is 20.0 Å². The van der Waals surface area contributed by atoms with E-state index in [4.69, 9.17) is 9.84 Å². The number of hydrogen-bond donors (Lipinski definition) is 4. The molecule has 22 heavy (non-hydrogen) atoms. The molecule has 7 heteroatoms. The first-order valence-corrected chi connectivity index (χ1v) is 7.27. The van der Waals surface area contributed by atoms with Crippen LogP contribution in [0.2, 0.25) is 0 Å². The molecule has 4 N–H and O–H groups in total. The number of carbonyl (C=O) groups excluding carboxylic acids is 1. The van der Waals surface area contributed by atoms with Gasteiger partial charge in [-0.3, -0.25) is 16.0 Å². The van der Waals surface area contributed by atoms with Crippen LogP contribution in [0, 0.1) is 0 Å².